The maximum Gasteiger partial charge on any atom is 0.250 e. The van der Waals surface area contributed by atoms with Gasteiger partial charge >= 0.3 is 0 Å². The molecular formula is C19H20ClN3O3S. The Balaban J connectivity index is 1.92. The lowest BCUT2D eigenvalue weighted by Gasteiger charge is -2.07. The van der Waals surface area contributed by atoms with Gasteiger partial charge in [0.1, 0.15) is 0 Å². The molecular weight excluding hydrogens is 386 g/mol. The van der Waals surface area contributed by atoms with E-state index in [1.54, 1.807) is 45.9 Å². The smallest absolute Gasteiger partial charge is 0.250 e. The van der Waals surface area contributed by atoms with Gasteiger partial charge in [0.15, 0.2) is 9.84 Å². The number of benzene rings is 1. The van der Waals surface area contributed by atoms with E-state index in [9.17, 15) is 13.2 Å². The van der Waals surface area contributed by atoms with Crippen LogP contribution in [-0.2, 0) is 22.1 Å². The molecule has 0 aliphatic heterocycles. The van der Waals surface area contributed by atoms with Gasteiger partial charge in [-0.2, -0.15) is 5.10 Å². The van der Waals surface area contributed by atoms with Gasteiger partial charge in [-0.15, -0.1) is 0 Å². The van der Waals surface area contributed by atoms with E-state index in [4.69, 9.17) is 11.6 Å². The normalized spacial score (nSPS) is 11.7. The van der Waals surface area contributed by atoms with Crippen molar-refractivity contribution < 1.29 is 8.42 Å². The summed E-state index contributed by atoms with van der Waals surface area (Å²) in [5.41, 5.74) is 2.75. The number of pyridine rings is 1. The minimum atomic E-state index is -3.12. The van der Waals surface area contributed by atoms with Gasteiger partial charge in [-0.25, -0.2) is 13.1 Å². The van der Waals surface area contributed by atoms with Crippen molar-refractivity contribution in [2.24, 2.45) is 0 Å². The molecule has 6 nitrogen and oxygen atoms in total. The lowest BCUT2D eigenvalue weighted by molar-refractivity contribution is 0.601. The first kappa shape index (κ1) is 19.4. The molecule has 3 rings (SSSR count). The van der Waals surface area contributed by atoms with E-state index < -0.39 is 9.84 Å². The summed E-state index contributed by atoms with van der Waals surface area (Å²) in [4.78, 5) is 11.9. The summed E-state index contributed by atoms with van der Waals surface area (Å²) in [5, 5.41) is 4.99. The van der Waals surface area contributed by atoms with Crippen molar-refractivity contribution in [3.05, 3.63) is 69.7 Å². The average Bonchev–Trinajstić information content (AvgIpc) is 3.05. The fraction of sp³-hybridized carbons (Fsp3) is 0.263. The Bertz CT molecular complexity index is 1130. The van der Waals surface area contributed by atoms with Gasteiger partial charge in [0, 0.05) is 36.8 Å². The SMILES string of the molecule is CCCn1cc(-n2ccc(-c3ccc(CS(C)(=O)=O)cc3Cl)n2)ccc1=O. The van der Waals surface area contributed by atoms with Crippen LogP contribution in [0.15, 0.2) is 53.6 Å². The molecule has 0 aliphatic carbocycles. The van der Waals surface area contributed by atoms with E-state index in [0.717, 1.165) is 17.7 Å². The van der Waals surface area contributed by atoms with E-state index in [1.807, 2.05) is 13.0 Å². The van der Waals surface area contributed by atoms with Gasteiger partial charge in [-0.05, 0) is 30.2 Å². The molecule has 0 atom stereocenters. The summed E-state index contributed by atoms with van der Waals surface area (Å²) in [5.74, 6) is -0.0551. The van der Waals surface area contributed by atoms with Crippen LogP contribution in [-0.4, -0.2) is 29.0 Å². The average molecular weight is 406 g/mol. The van der Waals surface area contributed by atoms with Crippen molar-refractivity contribution in [1.82, 2.24) is 14.3 Å². The van der Waals surface area contributed by atoms with Gasteiger partial charge < -0.3 is 4.57 Å². The number of aryl methyl sites for hydroxylation is 1. The van der Waals surface area contributed by atoms with Crippen LogP contribution in [0.25, 0.3) is 16.9 Å². The standard InChI is InChI=1S/C19H20ClN3O3S/c1-3-9-22-12-15(5-7-19(22)24)23-10-8-18(21-23)16-6-4-14(11-17(16)20)13-27(2,25)26/h4-8,10-12H,3,9,13H2,1-2H3. The molecule has 3 aromatic rings. The maximum absolute atomic E-state index is 11.9. The summed E-state index contributed by atoms with van der Waals surface area (Å²) in [6.07, 6.45) is 5.63. The van der Waals surface area contributed by atoms with E-state index in [1.165, 1.54) is 12.3 Å². The van der Waals surface area contributed by atoms with Crippen LogP contribution in [0.2, 0.25) is 5.02 Å². The third-order valence-electron chi connectivity index (χ3n) is 4.02. The molecule has 0 saturated carbocycles. The molecule has 0 amide bonds. The van der Waals surface area contributed by atoms with Crippen LogP contribution in [0.4, 0.5) is 0 Å². The molecule has 0 bridgehead atoms. The molecule has 0 spiro atoms. The first-order valence-corrected chi connectivity index (χ1v) is 10.9. The van der Waals surface area contributed by atoms with Gasteiger partial charge in [0.2, 0.25) is 0 Å². The van der Waals surface area contributed by atoms with E-state index in [-0.39, 0.29) is 11.3 Å². The molecule has 27 heavy (non-hydrogen) atoms. The van der Waals surface area contributed by atoms with Crippen molar-refractivity contribution in [2.75, 3.05) is 6.26 Å². The summed E-state index contributed by atoms with van der Waals surface area (Å²) >= 11 is 6.35. The predicted octanol–water partition coefficient (Wildman–Crippen LogP) is 3.31. The van der Waals surface area contributed by atoms with Crippen molar-refractivity contribution in [2.45, 2.75) is 25.6 Å². The molecule has 8 heteroatoms. The molecule has 0 N–H and O–H groups in total. The fourth-order valence-corrected chi connectivity index (χ4v) is 3.93. The van der Waals surface area contributed by atoms with Crippen molar-refractivity contribution in [3.8, 4) is 16.9 Å². The predicted molar refractivity (Wildman–Crippen MR) is 107 cm³/mol. The second-order valence-corrected chi connectivity index (χ2v) is 9.00. The highest BCUT2D eigenvalue weighted by Gasteiger charge is 2.11. The summed E-state index contributed by atoms with van der Waals surface area (Å²) < 4.78 is 26.2. The summed E-state index contributed by atoms with van der Waals surface area (Å²) in [6, 6.07) is 10.2. The Morgan fingerprint density at radius 2 is 1.93 bits per heavy atom. The van der Waals surface area contributed by atoms with Gasteiger partial charge in [0.25, 0.3) is 5.56 Å². The van der Waals surface area contributed by atoms with Crippen LogP contribution in [0, 0.1) is 0 Å². The lowest BCUT2D eigenvalue weighted by Crippen LogP contribution is -2.19. The molecule has 0 saturated heterocycles. The molecule has 0 fully saturated rings. The zero-order valence-electron chi connectivity index (χ0n) is 15.1. The topological polar surface area (TPSA) is 74.0 Å². The van der Waals surface area contributed by atoms with E-state index in [2.05, 4.69) is 5.10 Å². The Morgan fingerprint density at radius 1 is 1.15 bits per heavy atom. The minimum absolute atomic E-state index is 0.0440. The maximum atomic E-state index is 11.9. The van der Waals surface area contributed by atoms with Gasteiger partial charge in [-0.1, -0.05) is 30.7 Å². The fourth-order valence-electron chi connectivity index (χ4n) is 2.84. The highest BCUT2D eigenvalue weighted by atomic mass is 35.5. The van der Waals surface area contributed by atoms with E-state index >= 15 is 0 Å². The molecule has 2 heterocycles. The van der Waals surface area contributed by atoms with Gasteiger partial charge in [0.05, 0.1) is 22.2 Å². The van der Waals surface area contributed by atoms with Crippen LogP contribution >= 0.6 is 11.6 Å². The molecule has 0 aliphatic rings. The highest BCUT2D eigenvalue weighted by Crippen LogP contribution is 2.28. The third-order valence-corrected chi connectivity index (χ3v) is 5.19. The Kier molecular flexibility index (Phi) is 5.53. The number of rotatable bonds is 6. The zero-order valence-corrected chi connectivity index (χ0v) is 16.7. The second kappa shape index (κ2) is 7.70. The minimum Gasteiger partial charge on any atom is -0.313 e. The van der Waals surface area contributed by atoms with Crippen molar-refractivity contribution in [1.29, 1.82) is 0 Å². The van der Waals surface area contributed by atoms with Crippen LogP contribution in [0.1, 0.15) is 18.9 Å². The number of nitrogens with zero attached hydrogens (tertiary/aromatic N) is 3. The Hall–Kier alpha value is -2.38. The number of hydrogen-bond acceptors (Lipinski definition) is 4. The van der Waals surface area contributed by atoms with Gasteiger partial charge in [-0.3, -0.25) is 4.79 Å². The monoisotopic (exact) mass is 405 g/mol. The first-order chi connectivity index (χ1) is 12.8. The number of hydrogen-bond donors (Lipinski definition) is 0. The Labute approximate surface area is 162 Å². The van der Waals surface area contributed by atoms with Crippen LogP contribution in [0.5, 0.6) is 0 Å². The molecule has 0 unspecified atom stereocenters. The molecule has 0 radical (unpaired) electrons. The highest BCUT2D eigenvalue weighted by molar-refractivity contribution is 7.89. The molecule has 142 valence electrons. The first-order valence-electron chi connectivity index (χ1n) is 8.50. The van der Waals surface area contributed by atoms with Crippen molar-refractivity contribution >= 4 is 21.4 Å². The van der Waals surface area contributed by atoms with Crippen molar-refractivity contribution in [3.63, 3.8) is 0 Å². The van der Waals surface area contributed by atoms with Crippen LogP contribution < -0.4 is 5.56 Å². The number of aromatic nitrogens is 3. The largest absolute Gasteiger partial charge is 0.313 e. The second-order valence-electron chi connectivity index (χ2n) is 6.45. The third kappa shape index (κ3) is 4.67. The summed E-state index contributed by atoms with van der Waals surface area (Å²) in [6.45, 7) is 2.66. The summed E-state index contributed by atoms with van der Waals surface area (Å²) in [7, 11) is -3.12. The van der Waals surface area contributed by atoms with E-state index in [0.29, 0.717) is 22.8 Å². The molecule has 2 aromatic heterocycles. The number of sulfone groups is 1. The quantitative estimate of drug-likeness (QED) is 0.630. The zero-order chi connectivity index (χ0) is 19.6. The Morgan fingerprint density at radius 3 is 2.59 bits per heavy atom. The van der Waals surface area contributed by atoms with Crippen LogP contribution in [0.3, 0.4) is 0 Å². The molecule has 1 aromatic carbocycles. The number of halogens is 1. The lowest BCUT2D eigenvalue weighted by atomic mass is 10.1.